The van der Waals surface area contributed by atoms with E-state index in [0.717, 1.165) is 0 Å². The number of hydrogen-bond donors (Lipinski definition) is 1. The van der Waals surface area contributed by atoms with Gasteiger partial charge in [-0.1, -0.05) is 15.9 Å². The first-order valence-electron chi connectivity index (χ1n) is 4.64. The average molecular weight is 311 g/mol. The predicted octanol–water partition coefficient (Wildman–Crippen LogP) is 3.99. The number of imidazole rings is 1. The van der Waals surface area contributed by atoms with Gasteiger partial charge in [-0.3, -0.25) is 0 Å². The molecule has 1 aromatic carbocycles. The standard InChI is InChI=1S/C10H7BrF4N2/c1-4-2-5(11)3-6-7(4)17-9(16-6)10(14,15)8(12)13/h2-3,8H,1H3,(H,16,17). The number of fused-ring (bicyclic) bond motifs is 1. The van der Waals surface area contributed by atoms with Crippen molar-refractivity contribution in [3.8, 4) is 0 Å². The number of nitrogens with zero attached hydrogens (tertiary/aromatic N) is 1. The van der Waals surface area contributed by atoms with Gasteiger partial charge in [-0.05, 0) is 24.6 Å². The number of aromatic amines is 1. The molecule has 0 fully saturated rings. The van der Waals surface area contributed by atoms with E-state index >= 15 is 0 Å². The van der Waals surface area contributed by atoms with Gasteiger partial charge < -0.3 is 4.98 Å². The van der Waals surface area contributed by atoms with E-state index < -0.39 is 18.2 Å². The summed E-state index contributed by atoms with van der Waals surface area (Å²) in [5, 5.41) is 0. The summed E-state index contributed by atoms with van der Waals surface area (Å²) in [7, 11) is 0. The van der Waals surface area contributed by atoms with Gasteiger partial charge in [-0.2, -0.15) is 8.78 Å². The van der Waals surface area contributed by atoms with Gasteiger partial charge in [0.2, 0.25) is 0 Å². The van der Waals surface area contributed by atoms with E-state index in [9.17, 15) is 17.6 Å². The summed E-state index contributed by atoms with van der Waals surface area (Å²) in [5.41, 5.74) is 1.19. The van der Waals surface area contributed by atoms with Gasteiger partial charge in [0.1, 0.15) is 0 Å². The van der Waals surface area contributed by atoms with Crippen molar-refractivity contribution in [3.63, 3.8) is 0 Å². The lowest BCUT2D eigenvalue weighted by Gasteiger charge is -2.11. The Morgan fingerprint density at radius 2 is 2.00 bits per heavy atom. The second-order valence-electron chi connectivity index (χ2n) is 3.63. The Balaban J connectivity index is 2.63. The fraction of sp³-hybridized carbons (Fsp3) is 0.300. The minimum Gasteiger partial charge on any atom is -0.337 e. The molecule has 0 radical (unpaired) electrons. The number of alkyl halides is 4. The van der Waals surface area contributed by atoms with Gasteiger partial charge in [-0.15, -0.1) is 0 Å². The van der Waals surface area contributed by atoms with Crippen LogP contribution in [0.3, 0.4) is 0 Å². The lowest BCUT2D eigenvalue weighted by Crippen LogP contribution is -2.25. The number of aryl methyl sites for hydroxylation is 1. The van der Waals surface area contributed by atoms with E-state index in [0.29, 0.717) is 15.6 Å². The highest BCUT2D eigenvalue weighted by Gasteiger charge is 2.45. The molecule has 0 aliphatic heterocycles. The Hall–Kier alpha value is -1.11. The molecule has 2 rings (SSSR count). The van der Waals surface area contributed by atoms with Crippen LogP contribution in [-0.4, -0.2) is 16.4 Å². The largest absolute Gasteiger partial charge is 0.363 e. The van der Waals surface area contributed by atoms with Gasteiger partial charge >= 0.3 is 12.3 Å². The molecule has 0 unspecified atom stereocenters. The highest BCUT2D eigenvalue weighted by Crippen LogP contribution is 2.34. The molecule has 0 aliphatic carbocycles. The molecule has 1 aromatic heterocycles. The molecule has 2 aromatic rings. The van der Waals surface area contributed by atoms with Crippen LogP contribution in [0.15, 0.2) is 16.6 Å². The summed E-state index contributed by atoms with van der Waals surface area (Å²) >= 11 is 3.19. The third kappa shape index (κ3) is 2.03. The molecule has 1 heterocycles. The lowest BCUT2D eigenvalue weighted by molar-refractivity contribution is -0.140. The molecule has 0 bridgehead atoms. The summed E-state index contributed by atoms with van der Waals surface area (Å²) < 4.78 is 51.2. The van der Waals surface area contributed by atoms with Gasteiger partial charge in [0.15, 0.2) is 5.82 Å². The topological polar surface area (TPSA) is 28.7 Å². The summed E-state index contributed by atoms with van der Waals surface area (Å²) in [6, 6.07) is 3.19. The van der Waals surface area contributed by atoms with Crippen molar-refractivity contribution < 1.29 is 17.6 Å². The number of nitrogens with one attached hydrogen (secondary N) is 1. The maximum absolute atomic E-state index is 13.1. The zero-order valence-electron chi connectivity index (χ0n) is 8.57. The van der Waals surface area contributed by atoms with Crippen LogP contribution in [0.25, 0.3) is 11.0 Å². The van der Waals surface area contributed by atoms with E-state index in [1.54, 1.807) is 13.0 Å². The van der Waals surface area contributed by atoms with Crippen LogP contribution in [-0.2, 0) is 5.92 Å². The van der Waals surface area contributed by atoms with Crippen LogP contribution in [0.1, 0.15) is 11.4 Å². The fourth-order valence-electron chi connectivity index (χ4n) is 1.51. The molecule has 0 amide bonds. The normalized spacial score (nSPS) is 12.6. The van der Waals surface area contributed by atoms with E-state index in [4.69, 9.17) is 0 Å². The molecule has 1 N–H and O–H groups in total. The highest BCUT2D eigenvalue weighted by molar-refractivity contribution is 9.10. The molecule has 0 atom stereocenters. The second kappa shape index (κ2) is 3.97. The van der Waals surface area contributed by atoms with Crippen molar-refractivity contribution in [1.29, 1.82) is 0 Å². The summed E-state index contributed by atoms with van der Waals surface area (Å²) in [4.78, 5) is 5.77. The van der Waals surface area contributed by atoms with Gasteiger partial charge in [0.25, 0.3) is 0 Å². The van der Waals surface area contributed by atoms with E-state index in [1.807, 2.05) is 0 Å². The summed E-state index contributed by atoms with van der Waals surface area (Å²) in [6.07, 6.45) is -3.79. The maximum atomic E-state index is 13.1. The number of H-pyrrole nitrogens is 1. The van der Waals surface area contributed by atoms with Crippen molar-refractivity contribution in [2.75, 3.05) is 0 Å². The molecule has 0 spiro atoms. The van der Waals surface area contributed by atoms with Crippen LogP contribution >= 0.6 is 15.9 Å². The van der Waals surface area contributed by atoms with E-state index in [2.05, 4.69) is 25.9 Å². The third-order valence-corrected chi connectivity index (χ3v) is 2.79. The fourth-order valence-corrected chi connectivity index (χ4v) is 2.08. The Kier molecular flexibility index (Phi) is 2.89. The Labute approximate surface area is 102 Å². The molecule has 0 saturated heterocycles. The third-order valence-electron chi connectivity index (χ3n) is 2.33. The van der Waals surface area contributed by atoms with Crippen LogP contribution in [0.2, 0.25) is 0 Å². The molecule has 17 heavy (non-hydrogen) atoms. The molecular formula is C10H7BrF4N2. The highest BCUT2D eigenvalue weighted by atomic mass is 79.9. The number of hydrogen-bond acceptors (Lipinski definition) is 1. The van der Waals surface area contributed by atoms with Crippen molar-refractivity contribution in [2.45, 2.75) is 19.3 Å². The Morgan fingerprint density at radius 1 is 1.35 bits per heavy atom. The van der Waals surface area contributed by atoms with Crippen LogP contribution in [0, 0.1) is 6.92 Å². The number of halogens is 5. The first kappa shape index (κ1) is 12.3. The summed E-state index contributed by atoms with van der Waals surface area (Å²) in [5.74, 6) is -5.28. The molecule has 0 saturated carbocycles. The van der Waals surface area contributed by atoms with E-state index in [-0.39, 0.29) is 5.52 Å². The quantitative estimate of drug-likeness (QED) is 0.835. The number of aromatic nitrogens is 2. The SMILES string of the molecule is Cc1cc(Br)cc2[nH]c(C(F)(F)C(F)F)nc12. The van der Waals surface area contributed by atoms with Crippen LogP contribution in [0.5, 0.6) is 0 Å². The zero-order chi connectivity index (χ0) is 12.8. The Bertz CT molecular complexity index is 565. The van der Waals surface area contributed by atoms with Gasteiger partial charge in [-0.25, -0.2) is 13.8 Å². The second-order valence-corrected chi connectivity index (χ2v) is 4.54. The molecule has 7 heteroatoms. The Morgan fingerprint density at radius 3 is 2.59 bits per heavy atom. The van der Waals surface area contributed by atoms with Crippen molar-refractivity contribution in [3.05, 3.63) is 28.0 Å². The average Bonchev–Trinajstić information content (AvgIpc) is 2.61. The minimum absolute atomic E-state index is 0.267. The van der Waals surface area contributed by atoms with Crippen molar-refractivity contribution >= 4 is 27.0 Å². The summed E-state index contributed by atoms with van der Waals surface area (Å²) in [6.45, 7) is 1.66. The molecule has 92 valence electrons. The lowest BCUT2D eigenvalue weighted by atomic mass is 10.2. The minimum atomic E-state index is -4.27. The first-order valence-corrected chi connectivity index (χ1v) is 5.44. The predicted molar refractivity (Wildman–Crippen MR) is 58.4 cm³/mol. The first-order chi connectivity index (χ1) is 7.82. The van der Waals surface area contributed by atoms with Crippen molar-refractivity contribution in [1.82, 2.24) is 9.97 Å². The zero-order valence-corrected chi connectivity index (χ0v) is 10.2. The van der Waals surface area contributed by atoms with Crippen molar-refractivity contribution in [2.24, 2.45) is 0 Å². The van der Waals surface area contributed by atoms with Crippen LogP contribution in [0.4, 0.5) is 17.6 Å². The molecule has 0 aliphatic rings. The van der Waals surface area contributed by atoms with Crippen LogP contribution < -0.4 is 0 Å². The number of benzene rings is 1. The monoisotopic (exact) mass is 310 g/mol. The smallest absolute Gasteiger partial charge is 0.337 e. The van der Waals surface area contributed by atoms with E-state index in [1.165, 1.54) is 6.07 Å². The molecule has 2 nitrogen and oxygen atoms in total. The molecular weight excluding hydrogens is 304 g/mol. The van der Waals surface area contributed by atoms with Gasteiger partial charge in [0.05, 0.1) is 11.0 Å². The number of rotatable bonds is 2. The maximum Gasteiger partial charge on any atom is 0.363 e. The van der Waals surface area contributed by atoms with Gasteiger partial charge in [0, 0.05) is 4.47 Å².